The Morgan fingerprint density at radius 3 is 3.04 bits per heavy atom. The molecule has 2 aromatic heterocycles. The zero-order chi connectivity index (χ0) is 16.2. The minimum Gasteiger partial charge on any atom is -0.461 e. The largest absolute Gasteiger partial charge is 0.461 e. The lowest BCUT2D eigenvalue weighted by Gasteiger charge is -2.23. The van der Waals surface area contributed by atoms with Crippen molar-refractivity contribution in [3.8, 4) is 0 Å². The molecule has 2 aromatic rings. The molecule has 0 unspecified atom stereocenters. The van der Waals surface area contributed by atoms with E-state index < -0.39 is 0 Å². The maximum absolute atomic E-state index is 12.5. The van der Waals surface area contributed by atoms with Gasteiger partial charge in [0.1, 0.15) is 18.1 Å². The summed E-state index contributed by atoms with van der Waals surface area (Å²) in [7, 11) is 1.64. The lowest BCUT2D eigenvalue weighted by atomic mass is 10.2. The molecule has 0 aromatic carbocycles. The van der Waals surface area contributed by atoms with Crippen LogP contribution in [0.2, 0.25) is 0 Å². The molecule has 3 rings (SSSR count). The van der Waals surface area contributed by atoms with Crippen LogP contribution in [-0.4, -0.2) is 24.6 Å². The molecule has 6 heteroatoms. The third-order valence-electron chi connectivity index (χ3n) is 4.02. The molecule has 2 amide bonds. The van der Waals surface area contributed by atoms with Crippen LogP contribution in [-0.2, 0) is 17.9 Å². The molecule has 0 aliphatic carbocycles. The van der Waals surface area contributed by atoms with Crippen molar-refractivity contribution in [2.24, 2.45) is 0 Å². The van der Waals surface area contributed by atoms with Crippen molar-refractivity contribution >= 4 is 17.4 Å². The van der Waals surface area contributed by atoms with Crippen LogP contribution < -0.4 is 5.32 Å². The van der Waals surface area contributed by atoms with Crippen molar-refractivity contribution < 1.29 is 13.9 Å². The van der Waals surface area contributed by atoms with Gasteiger partial charge in [0.25, 0.3) is 0 Å². The predicted molar refractivity (Wildman–Crippen MR) is 89.4 cm³/mol. The van der Waals surface area contributed by atoms with E-state index in [0.29, 0.717) is 13.2 Å². The number of furan rings is 1. The van der Waals surface area contributed by atoms with Gasteiger partial charge in [0.05, 0.1) is 12.6 Å². The van der Waals surface area contributed by atoms with Gasteiger partial charge in [-0.1, -0.05) is 0 Å². The van der Waals surface area contributed by atoms with Gasteiger partial charge in [0.15, 0.2) is 0 Å². The highest BCUT2D eigenvalue weighted by Crippen LogP contribution is 2.33. The smallest absolute Gasteiger partial charge is 0.318 e. The minimum atomic E-state index is -0.0248. The first-order valence-corrected chi connectivity index (χ1v) is 8.66. The van der Waals surface area contributed by atoms with Crippen LogP contribution in [0.4, 0.5) is 4.79 Å². The van der Waals surface area contributed by atoms with E-state index >= 15 is 0 Å². The van der Waals surface area contributed by atoms with E-state index in [9.17, 15) is 4.79 Å². The van der Waals surface area contributed by atoms with Crippen LogP contribution >= 0.6 is 11.3 Å². The number of rotatable bonds is 5. The van der Waals surface area contributed by atoms with Crippen molar-refractivity contribution in [3.63, 3.8) is 0 Å². The first kappa shape index (κ1) is 16.1. The number of amides is 2. The van der Waals surface area contributed by atoms with Crippen LogP contribution in [0.25, 0.3) is 0 Å². The average molecular weight is 334 g/mol. The molecule has 3 heterocycles. The Bertz CT molecular complexity index is 664. The van der Waals surface area contributed by atoms with E-state index in [1.165, 1.54) is 9.75 Å². The van der Waals surface area contributed by atoms with E-state index in [-0.39, 0.29) is 12.1 Å². The zero-order valence-electron chi connectivity index (χ0n) is 13.5. The molecule has 1 aliphatic rings. The number of hydrogen-bond donors (Lipinski definition) is 1. The zero-order valence-corrected chi connectivity index (χ0v) is 14.3. The summed E-state index contributed by atoms with van der Waals surface area (Å²) in [6, 6.07) is 8.00. The Morgan fingerprint density at radius 1 is 1.43 bits per heavy atom. The predicted octanol–water partition coefficient (Wildman–Crippen LogP) is 3.84. The number of aryl methyl sites for hydroxylation is 1. The third-order valence-corrected chi connectivity index (χ3v) is 5.02. The van der Waals surface area contributed by atoms with Gasteiger partial charge in [-0.25, -0.2) is 4.79 Å². The van der Waals surface area contributed by atoms with Gasteiger partial charge >= 0.3 is 6.03 Å². The normalized spacial score (nSPS) is 17.7. The maximum Gasteiger partial charge on any atom is 0.318 e. The molecular formula is C17H22N2O3S. The number of likely N-dealkylation sites (tertiary alicyclic amines) is 1. The molecule has 5 nitrogen and oxygen atoms in total. The van der Waals surface area contributed by atoms with Gasteiger partial charge in [-0.05, 0) is 44.0 Å². The molecule has 0 saturated carbocycles. The minimum absolute atomic E-state index is 0.0191. The SMILES string of the molecule is COCc1ccc([C@@H]2CCCN2C(=O)NCc2ccc(C)s2)o1. The summed E-state index contributed by atoms with van der Waals surface area (Å²) in [6.45, 7) is 3.87. The highest BCUT2D eigenvalue weighted by Gasteiger charge is 2.32. The number of carbonyl (C=O) groups excluding carboxylic acids is 1. The fraction of sp³-hybridized carbons (Fsp3) is 0.471. The van der Waals surface area contributed by atoms with Gasteiger partial charge < -0.3 is 19.4 Å². The summed E-state index contributed by atoms with van der Waals surface area (Å²) in [6.07, 6.45) is 1.93. The quantitative estimate of drug-likeness (QED) is 0.904. The summed E-state index contributed by atoms with van der Waals surface area (Å²) in [5, 5.41) is 3.02. The standard InChI is InChI=1S/C17H22N2O3S/c1-12-5-7-14(23-12)10-18-17(20)19-9-3-4-15(19)16-8-6-13(22-16)11-21-2/h5-8,15H,3-4,9-11H2,1-2H3,(H,18,20)/t15-/m0/s1. The fourth-order valence-corrected chi connectivity index (χ4v) is 3.77. The average Bonchev–Trinajstić information content (AvgIpc) is 3.24. The number of ether oxygens (including phenoxy) is 1. The molecule has 1 aliphatic heterocycles. The molecule has 0 radical (unpaired) electrons. The number of methoxy groups -OCH3 is 1. The van der Waals surface area contributed by atoms with E-state index in [1.807, 2.05) is 17.0 Å². The van der Waals surface area contributed by atoms with Crippen molar-refractivity contribution in [2.75, 3.05) is 13.7 Å². The lowest BCUT2D eigenvalue weighted by Crippen LogP contribution is -2.38. The number of carbonyl (C=O) groups is 1. The molecule has 1 saturated heterocycles. The van der Waals surface area contributed by atoms with Crippen molar-refractivity contribution in [1.82, 2.24) is 10.2 Å². The van der Waals surface area contributed by atoms with Crippen LogP contribution in [0.1, 0.15) is 40.2 Å². The summed E-state index contributed by atoms with van der Waals surface area (Å²) in [4.78, 5) is 16.8. The Balaban J connectivity index is 1.62. The number of hydrogen-bond acceptors (Lipinski definition) is 4. The highest BCUT2D eigenvalue weighted by atomic mass is 32.1. The molecule has 124 valence electrons. The number of nitrogens with one attached hydrogen (secondary N) is 1. The Kier molecular flexibility index (Phi) is 5.03. The lowest BCUT2D eigenvalue weighted by molar-refractivity contribution is 0.156. The molecule has 23 heavy (non-hydrogen) atoms. The van der Waals surface area contributed by atoms with Crippen molar-refractivity contribution in [3.05, 3.63) is 45.5 Å². The molecular weight excluding hydrogens is 312 g/mol. The second-order valence-corrected chi connectivity index (χ2v) is 7.13. The Morgan fingerprint density at radius 2 is 2.30 bits per heavy atom. The van der Waals surface area contributed by atoms with Gasteiger partial charge in [0, 0.05) is 23.4 Å². The van der Waals surface area contributed by atoms with Crippen LogP contribution in [0.5, 0.6) is 0 Å². The fourth-order valence-electron chi connectivity index (χ4n) is 2.94. The van der Waals surface area contributed by atoms with Gasteiger partial charge in [-0.2, -0.15) is 0 Å². The van der Waals surface area contributed by atoms with Crippen LogP contribution in [0.15, 0.2) is 28.7 Å². The van der Waals surface area contributed by atoms with Crippen LogP contribution in [0, 0.1) is 6.92 Å². The van der Waals surface area contributed by atoms with E-state index in [1.54, 1.807) is 18.4 Å². The van der Waals surface area contributed by atoms with Crippen molar-refractivity contribution in [1.29, 1.82) is 0 Å². The maximum atomic E-state index is 12.5. The first-order chi connectivity index (χ1) is 11.2. The monoisotopic (exact) mass is 334 g/mol. The number of urea groups is 1. The first-order valence-electron chi connectivity index (χ1n) is 7.84. The molecule has 0 spiro atoms. The molecule has 1 N–H and O–H groups in total. The molecule has 1 fully saturated rings. The number of thiophene rings is 1. The van der Waals surface area contributed by atoms with Gasteiger partial charge in [0.2, 0.25) is 0 Å². The summed E-state index contributed by atoms with van der Waals surface area (Å²) >= 11 is 1.71. The number of nitrogens with zero attached hydrogens (tertiary/aromatic N) is 1. The molecule has 1 atom stereocenters. The Hall–Kier alpha value is -1.79. The topological polar surface area (TPSA) is 54.7 Å². The van der Waals surface area contributed by atoms with Gasteiger partial charge in [-0.15, -0.1) is 11.3 Å². The second kappa shape index (κ2) is 7.19. The Labute approximate surface area is 140 Å². The molecule has 0 bridgehead atoms. The second-order valence-electron chi connectivity index (χ2n) is 5.76. The van der Waals surface area contributed by atoms with Crippen LogP contribution in [0.3, 0.4) is 0 Å². The van der Waals surface area contributed by atoms with Crippen molar-refractivity contribution in [2.45, 2.75) is 39.0 Å². The van der Waals surface area contributed by atoms with E-state index in [2.05, 4.69) is 24.4 Å². The summed E-state index contributed by atoms with van der Waals surface area (Å²) in [5.74, 6) is 1.64. The third kappa shape index (κ3) is 3.76. The van der Waals surface area contributed by atoms with E-state index in [0.717, 1.165) is 30.9 Å². The van der Waals surface area contributed by atoms with E-state index in [4.69, 9.17) is 9.15 Å². The highest BCUT2D eigenvalue weighted by molar-refractivity contribution is 7.11. The summed E-state index contributed by atoms with van der Waals surface area (Å²) in [5.41, 5.74) is 0. The van der Waals surface area contributed by atoms with Gasteiger partial charge in [-0.3, -0.25) is 0 Å². The summed E-state index contributed by atoms with van der Waals surface area (Å²) < 4.78 is 10.9.